The Bertz CT molecular complexity index is 883. The number of H-pyrrole nitrogens is 1. The number of nitrogens with one attached hydrogen (secondary N) is 2. The van der Waals surface area contributed by atoms with E-state index in [1.54, 1.807) is 17.5 Å². The Morgan fingerprint density at radius 2 is 2.29 bits per heavy atom. The maximum Gasteiger partial charge on any atom is 0.173 e. The Morgan fingerprint density at radius 1 is 1.42 bits per heavy atom. The molecule has 3 atom stereocenters. The molecule has 0 spiro atoms. The number of anilines is 1. The first kappa shape index (κ1) is 15.3. The Balaban J connectivity index is 1.79. The van der Waals surface area contributed by atoms with Crippen LogP contribution in [0.4, 0.5) is 5.82 Å². The van der Waals surface area contributed by atoms with Crippen LogP contribution in [-0.4, -0.2) is 20.6 Å². The summed E-state index contributed by atoms with van der Waals surface area (Å²) in [6.07, 6.45) is 5.46. The lowest BCUT2D eigenvalue weighted by Gasteiger charge is -2.35. The molecule has 0 saturated heterocycles. The summed E-state index contributed by atoms with van der Waals surface area (Å²) in [5.41, 5.74) is 2.20. The normalized spacial score (nSPS) is 24.1. The van der Waals surface area contributed by atoms with Gasteiger partial charge in [0, 0.05) is 12.2 Å². The van der Waals surface area contributed by atoms with Gasteiger partial charge in [-0.3, -0.25) is 5.10 Å². The zero-order valence-electron chi connectivity index (χ0n) is 13.9. The van der Waals surface area contributed by atoms with Crippen LogP contribution in [0.2, 0.25) is 0 Å². The fourth-order valence-electron chi connectivity index (χ4n) is 3.68. The second-order valence-electron chi connectivity index (χ2n) is 6.76. The van der Waals surface area contributed by atoms with Crippen molar-refractivity contribution in [3.05, 3.63) is 29.3 Å². The second kappa shape index (κ2) is 5.99. The summed E-state index contributed by atoms with van der Waals surface area (Å²) in [4.78, 5) is 5.87. The number of nitriles is 1. The van der Waals surface area contributed by atoms with E-state index in [1.165, 1.54) is 19.3 Å². The van der Waals surface area contributed by atoms with Crippen LogP contribution in [0.15, 0.2) is 23.7 Å². The quantitative estimate of drug-likeness (QED) is 0.738. The Kier molecular flexibility index (Phi) is 3.81. The summed E-state index contributed by atoms with van der Waals surface area (Å²) < 4.78 is 1.92. The van der Waals surface area contributed by atoms with Crippen LogP contribution in [0, 0.1) is 23.2 Å². The first-order chi connectivity index (χ1) is 11.7. The van der Waals surface area contributed by atoms with E-state index in [1.807, 2.05) is 10.6 Å². The van der Waals surface area contributed by atoms with Gasteiger partial charge in [0.15, 0.2) is 11.5 Å². The van der Waals surface area contributed by atoms with Crippen molar-refractivity contribution in [1.82, 2.24) is 14.6 Å². The van der Waals surface area contributed by atoms with Gasteiger partial charge in [-0.25, -0.2) is 9.50 Å². The minimum absolute atomic E-state index is 0.432. The predicted molar refractivity (Wildman–Crippen MR) is 97.2 cm³/mol. The van der Waals surface area contributed by atoms with Crippen molar-refractivity contribution in [3.8, 4) is 16.6 Å². The zero-order valence-corrected chi connectivity index (χ0v) is 14.7. The van der Waals surface area contributed by atoms with Gasteiger partial charge in [-0.1, -0.05) is 32.8 Å². The molecule has 124 valence electrons. The summed E-state index contributed by atoms with van der Waals surface area (Å²) in [6, 6.07) is 6.76. The third-order valence-electron chi connectivity index (χ3n) is 5.36. The average molecular weight is 339 g/mol. The number of fused-ring (bicyclic) bond motifs is 1. The number of thiophene rings is 1. The molecule has 24 heavy (non-hydrogen) atoms. The van der Waals surface area contributed by atoms with Crippen molar-refractivity contribution in [2.45, 2.75) is 39.2 Å². The van der Waals surface area contributed by atoms with Crippen molar-refractivity contribution < 1.29 is 0 Å². The van der Waals surface area contributed by atoms with Crippen molar-refractivity contribution >= 4 is 22.8 Å². The molecule has 0 bridgehead atoms. The number of aromatic nitrogens is 3. The highest BCUT2D eigenvalue weighted by molar-refractivity contribution is 7.13. The molecular formula is C18H21N5S. The van der Waals surface area contributed by atoms with Crippen molar-refractivity contribution in [2.75, 3.05) is 5.32 Å². The van der Waals surface area contributed by atoms with Gasteiger partial charge in [0.05, 0.1) is 4.88 Å². The topological polar surface area (TPSA) is 68.9 Å². The highest BCUT2D eigenvalue weighted by Gasteiger charge is 2.29. The number of nitrogens with zero attached hydrogens (tertiary/aromatic N) is 3. The third-order valence-corrected chi connectivity index (χ3v) is 6.24. The van der Waals surface area contributed by atoms with Gasteiger partial charge >= 0.3 is 0 Å². The van der Waals surface area contributed by atoms with E-state index in [0.29, 0.717) is 23.2 Å². The van der Waals surface area contributed by atoms with Gasteiger partial charge in [0.1, 0.15) is 17.3 Å². The maximum absolute atomic E-state index is 9.31. The second-order valence-corrected chi connectivity index (χ2v) is 7.71. The highest BCUT2D eigenvalue weighted by atomic mass is 32.1. The zero-order chi connectivity index (χ0) is 16.7. The van der Waals surface area contributed by atoms with E-state index >= 15 is 0 Å². The Morgan fingerprint density at radius 3 is 3.04 bits per heavy atom. The fourth-order valence-corrected chi connectivity index (χ4v) is 4.40. The molecule has 1 saturated carbocycles. The number of rotatable bonds is 3. The summed E-state index contributed by atoms with van der Waals surface area (Å²) in [5.74, 6) is 2.31. The molecule has 6 heteroatoms. The lowest BCUT2D eigenvalue weighted by Crippen LogP contribution is -2.35. The Hall–Kier alpha value is -2.26. The summed E-state index contributed by atoms with van der Waals surface area (Å²) >= 11 is 1.67. The highest BCUT2D eigenvalue weighted by Crippen LogP contribution is 2.36. The van der Waals surface area contributed by atoms with Crippen LogP contribution < -0.4 is 5.32 Å². The molecule has 3 heterocycles. The van der Waals surface area contributed by atoms with E-state index in [4.69, 9.17) is 4.98 Å². The number of hydrogen-bond donors (Lipinski definition) is 2. The first-order valence-electron chi connectivity index (χ1n) is 8.49. The van der Waals surface area contributed by atoms with Gasteiger partial charge in [0.25, 0.3) is 0 Å². The van der Waals surface area contributed by atoms with E-state index in [0.717, 1.165) is 22.3 Å². The lowest BCUT2D eigenvalue weighted by atomic mass is 9.78. The number of aromatic amines is 1. The molecule has 1 aliphatic rings. The maximum atomic E-state index is 9.31. The largest absolute Gasteiger partial charge is 0.365 e. The fraction of sp³-hybridized carbons (Fsp3) is 0.444. The van der Waals surface area contributed by atoms with Gasteiger partial charge in [-0.15, -0.1) is 11.3 Å². The molecule has 0 aromatic carbocycles. The Labute approximate surface area is 145 Å². The molecular weight excluding hydrogens is 318 g/mol. The molecule has 0 radical (unpaired) electrons. The van der Waals surface area contributed by atoms with E-state index in [-0.39, 0.29) is 0 Å². The standard InChI is InChI=1S/C18H21N5S/c1-11-5-3-6-14(12(11)2)21-18-16(15-7-4-8-24-15)22-17-13(9-19)10-20-23(17)18/h4,7-8,10-12,14,20-21H,3,5-6H2,1-2H3/t11-,12-,14+/m1/s1. The van der Waals surface area contributed by atoms with Crippen LogP contribution in [0.3, 0.4) is 0 Å². The van der Waals surface area contributed by atoms with E-state index < -0.39 is 0 Å². The smallest absolute Gasteiger partial charge is 0.173 e. The van der Waals surface area contributed by atoms with E-state index in [9.17, 15) is 5.26 Å². The molecule has 1 fully saturated rings. The number of hydrogen-bond acceptors (Lipinski definition) is 4. The predicted octanol–water partition coefficient (Wildman–Crippen LogP) is 4.50. The van der Waals surface area contributed by atoms with Crippen LogP contribution >= 0.6 is 11.3 Å². The third kappa shape index (κ3) is 2.40. The molecule has 4 rings (SSSR count). The van der Waals surface area contributed by atoms with Crippen LogP contribution in [0.1, 0.15) is 38.7 Å². The lowest BCUT2D eigenvalue weighted by molar-refractivity contribution is 0.252. The molecule has 2 N–H and O–H groups in total. The summed E-state index contributed by atoms with van der Waals surface area (Å²) in [7, 11) is 0. The SMILES string of the molecule is C[C@@H]1[C@H](C)CCC[C@@H]1Nc1c(-c2cccs2)nc2c(C#N)c[nH]n12. The van der Waals surface area contributed by atoms with Crippen molar-refractivity contribution in [2.24, 2.45) is 11.8 Å². The van der Waals surface area contributed by atoms with Crippen LogP contribution in [0.5, 0.6) is 0 Å². The van der Waals surface area contributed by atoms with Gasteiger partial charge in [-0.05, 0) is 29.7 Å². The van der Waals surface area contributed by atoms with Gasteiger partial charge in [0.2, 0.25) is 0 Å². The molecule has 3 aromatic rings. The van der Waals surface area contributed by atoms with E-state index in [2.05, 4.69) is 41.8 Å². The molecule has 3 aromatic heterocycles. The molecule has 0 aliphatic heterocycles. The van der Waals surface area contributed by atoms with Gasteiger partial charge in [-0.2, -0.15) is 5.26 Å². The molecule has 0 amide bonds. The molecule has 5 nitrogen and oxygen atoms in total. The van der Waals surface area contributed by atoms with Gasteiger partial charge < -0.3 is 5.32 Å². The van der Waals surface area contributed by atoms with Crippen LogP contribution in [0.25, 0.3) is 16.2 Å². The van der Waals surface area contributed by atoms with Crippen molar-refractivity contribution in [3.63, 3.8) is 0 Å². The minimum atomic E-state index is 0.432. The first-order valence-corrected chi connectivity index (χ1v) is 9.37. The monoisotopic (exact) mass is 339 g/mol. The molecule has 0 unspecified atom stereocenters. The summed E-state index contributed by atoms with van der Waals surface area (Å²) in [6.45, 7) is 4.67. The number of imidazole rings is 1. The van der Waals surface area contributed by atoms with Crippen molar-refractivity contribution in [1.29, 1.82) is 5.26 Å². The minimum Gasteiger partial charge on any atom is -0.365 e. The average Bonchev–Trinajstić information content (AvgIpc) is 3.29. The molecule has 1 aliphatic carbocycles. The van der Waals surface area contributed by atoms with Crippen LogP contribution in [-0.2, 0) is 0 Å². The summed E-state index contributed by atoms with van der Waals surface area (Å²) in [5, 5.41) is 18.3.